The van der Waals surface area contributed by atoms with Crippen molar-refractivity contribution in [3.8, 4) is 0 Å². The lowest BCUT2D eigenvalue weighted by Gasteiger charge is -2.23. The Morgan fingerprint density at radius 3 is 2.78 bits per heavy atom. The van der Waals surface area contributed by atoms with E-state index in [2.05, 4.69) is 15.0 Å². The molecule has 1 saturated heterocycles. The summed E-state index contributed by atoms with van der Waals surface area (Å²) >= 11 is 0. The lowest BCUT2D eigenvalue weighted by Crippen LogP contribution is -2.37. The van der Waals surface area contributed by atoms with Crippen molar-refractivity contribution in [1.29, 1.82) is 0 Å². The van der Waals surface area contributed by atoms with Crippen LogP contribution in [0.5, 0.6) is 0 Å². The van der Waals surface area contributed by atoms with Gasteiger partial charge in [0.2, 0.25) is 0 Å². The summed E-state index contributed by atoms with van der Waals surface area (Å²) in [6.45, 7) is 2.90. The second-order valence-corrected chi connectivity index (χ2v) is 5.22. The molecule has 0 aliphatic carbocycles. The normalized spacial score (nSPS) is 27.8. The second-order valence-electron chi connectivity index (χ2n) is 5.22. The number of methoxy groups -OCH3 is 2. The van der Waals surface area contributed by atoms with Crippen LogP contribution in [0.3, 0.4) is 0 Å². The molecule has 2 aromatic heterocycles. The van der Waals surface area contributed by atoms with Crippen molar-refractivity contribution >= 4 is 17.0 Å². The number of imidazole rings is 1. The van der Waals surface area contributed by atoms with Crippen LogP contribution in [0.15, 0.2) is 12.7 Å². The van der Waals surface area contributed by atoms with Gasteiger partial charge in [0.05, 0.1) is 12.9 Å². The third-order valence-corrected chi connectivity index (χ3v) is 3.91. The maximum Gasteiger partial charge on any atom is 0.167 e. The molecule has 2 unspecified atom stereocenters. The van der Waals surface area contributed by atoms with Gasteiger partial charge in [-0.05, 0) is 6.92 Å². The van der Waals surface area contributed by atoms with Crippen molar-refractivity contribution in [3.05, 3.63) is 12.7 Å². The summed E-state index contributed by atoms with van der Waals surface area (Å²) in [5.74, 6) is 0.329. The number of rotatable bonds is 6. The Kier molecular flexibility index (Phi) is 4.71. The van der Waals surface area contributed by atoms with Gasteiger partial charge in [-0.2, -0.15) is 0 Å². The van der Waals surface area contributed by atoms with Crippen LogP contribution in [-0.4, -0.2) is 65.3 Å². The predicted octanol–water partition coefficient (Wildman–Crippen LogP) is 0.372. The number of hydrogen-bond acceptors (Lipinski definition) is 8. The molecule has 1 aliphatic rings. The number of aromatic nitrogens is 4. The van der Waals surface area contributed by atoms with E-state index in [0.717, 1.165) is 0 Å². The van der Waals surface area contributed by atoms with Gasteiger partial charge in [-0.25, -0.2) is 15.0 Å². The zero-order valence-electron chi connectivity index (χ0n) is 13.4. The summed E-state index contributed by atoms with van der Waals surface area (Å²) in [5.41, 5.74) is 6.97. The molecule has 126 valence electrons. The lowest BCUT2D eigenvalue weighted by atomic mass is 10.1. The molecular formula is C14H21N5O4. The highest BCUT2D eigenvalue weighted by molar-refractivity contribution is 5.81. The van der Waals surface area contributed by atoms with Crippen LogP contribution in [0, 0.1) is 0 Å². The van der Waals surface area contributed by atoms with E-state index in [1.807, 2.05) is 6.92 Å². The molecule has 0 radical (unpaired) electrons. The molecule has 0 aromatic carbocycles. The molecule has 0 spiro atoms. The molecule has 9 nitrogen and oxygen atoms in total. The van der Waals surface area contributed by atoms with Gasteiger partial charge >= 0.3 is 0 Å². The van der Waals surface area contributed by atoms with E-state index in [4.69, 9.17) is 24.7 Å². The standard InChI is InChI=1S/C14H21N5O4/c1-4-22-10-8(5-20-2)23-14(11(10)21-3)19-7-18-9-12(15)16-6-17-13(9)19/h6-8,10-11,14H,4-5H2,1-3H3,(H2,15,16,17)/t8-,10?,11?,14-/m1/s1. The summed E-state index contributed by atoms with van der Waals surface area (Å²) in [4.78, 5) is 12.5. The Bertz CT molecular complexity index is 664. The first-order valence-electron chi connectivity index (χ1n) is 7.43. The fraction of sp³-hybridized carbons (Fsp3) is 0.643. The molecule has 1 fully saturated rings. The quantitative estimate of drug-likeness (QED) is 0.813. The van der Waals surface area contributed by atoms with Crippen molar-refractivity contribution in [1.82, 2.24) is 19.5 Å². The minimum absolute atomic E-state index is 0.244. The van der Waals surface area contributed by atoms with Gasteiger partial charge in [0.15, 0.2) is 17.7 Å². The van der Waals surface area contributed by atoms with Crippen LogP contribution in [0.4, 0.5) is 5.82 Å². The molecule has 0 amide bonds. The third kappa shape index (κ3) is 2.76. The van der Waals surface area contributed by atoms with Crippen LogP contribution < -0.4 is 5.73 Å². The first kappa shape index (κ1) is 16.1. The zero-order valence-corrected chi connectivity index (χ0v) is 13.4. The average molecular weight is 323 g/mol. The largest absolute Gasteiger partial charge is 0.382 e. The van der Waals surface area contributed by atoms with Crippen LogP contribution in [0.1, 0.15) is 13.2 Å². The highest BCUT2D eigenvalue weighted by Gasteiger charge is 2.47. The Balaban J connectivity index is 1.98. The monoisotopic (exact) mass is 323 g/mol. The smallest absolute Gasteiger partial charge is 0.167 e. The molecule has 9 heteroatoms. The Hall–Kier alpha value is -1.81. The van der Waals surface area contributed by atoms with Gasteiger partial charge in [-0.15, -0.1) is 0 Å². The zero-order chi connectivity index (χ0) is 16.4. The maximum atomic E-state index is 6.11. The molecule has 1 aliphatic heterocycles. The molecule has 0 bridgehead atoms. The topological polar surface area (TPSA) is 107 Å². The van der Waals surface area contributed by atoms with E-state index in [1.165, 1.54) is 6.33 Å². The minimum atomic E-state index is -0.434. The van der Waals surface area contributed by atoms with E-state index in [-0.39, 0.29) is 18.3 Å². The van der Waals surface area contributed by atoms with Crippen molar-refractivity contribution in [2.75, 3.05) is 33.2 Å². The summed E-state index contributed by atoms with van der Waals surface area (Å²) in [5, 5.41) is 0. The van der Waals surface area contributed by atoms with Crippen LogP contribution in [0.25, 0.3) is 11.2 Å². The van der Waals surface area contributed by atoms with Crippen molar-refractivity contribution in [2.24, 2.45) is 0 Å². The molecule has 3 rings (SSSR count). The first-order valence-corrected chi connectivity index (χ1v) is 7.43. The Morgan fingerprint density at radius 2 is 2.09 bits per heavy atom. The van der Waals surface area contributed by atoms with E-state index in [0.29, 0.717) is 30.2 Å². The average Bonchev–Trinajstić information content (AvgIpc) is 3.11. The van der Waals surface area contributed by atoms with E-state index >= 15 is 0 Å². The molecule has 2 N–H and O–H groups in total. The van der Waals surface area contributed by atoms with Crippen LogP contribution >= 0.6 is 0 Å². The number of nitrogens with two attached hydrogens (primary N) is 1. The molecule has 3 heterocycles. The van der Waals surface area contributed by atoms with Gasteiger partial charge in [0.1, 0.15) is 30.2 Å². The molecule has 0 saturated carbocycles. The molecule has 2 aromatic rings. The summed E-state index contributed by atoms with van der Waals surface area (Å²) in [6.07, 6.45) is 1.79. The number of anilines is 1. The van der Waals surface area contributed by atoms with Crippen molar-refractivity contribution < 1.29 is 18.9 Å². The fourth-order valence-corrected chi connectivity index (χ4v) is 2.93. The third-order valence-electron chi connectivity index (χ3n) is 3.91. The number of ether oxygens (including phenoxy) is 4. The van der Waals surface area contributed by atoms with Gasteiger partial charge < -0.3 is 24.7 Å². The highest BCUT2D eigenvalue weighted by Crippen LogP contribution is 2.35. The Morgan fingerprint density at radius 1 is 1.26 bits per heavy atom. The van der Waals surface area contributed by atoms with Gasteiger partial charge in [0.25, 0.3) is 0 Å². The molecular weight excluding hydrogens is 302 g/mol. The van der Waals surface area contributed by atoms with E-state index in [9.17, 15) is 0 Å². The first-order chi connectivity index (χ1) is 11.2. The van der Waals surface area contributed by atoms with Crippen molar-refractivity contribution in [2.45, 2.75) is 31.5 Å². The SMILES string of the molecule is CCOC1C(OC)[C@H](n2cnc3c(N)ncnc32)O[C@@H]1COC. The molecule has 4 atom stereocenters. The summed E-state index contributed by atoms with van der Waals surface area (Å²) in [6, 6.07) is 0. The van der Waals surface area contributed by atoms with Gasteiger partial charge in [0, 0.05) is 20.8 Å². The van der Waals surface area contributed by atoms with Crippen molar-refractivity contribution in [3.63, 3.8) is 0 Å². The molecule has 23 heavy (non-hydrogen) atoms. The van der Waals surface area contributed by atoms with Crippen LogP contribution in [0.2, 0.25) is 0 Å². The highest BCUT2D eigenvalue weighted by atomic mass is 16.6. The van der Waals surface area contributed by atoms with Gasteiger partial charge in [-0.3, -0.25) is 4.57 Å². The summed E-state index contributed by atoms with van der Waals surface area (Å²) < 4.78 is 24.6. The second kappa shape index (κ2) is 6.75. The number of nitrogens with zero attached hydrogens (tertiary/aromatic N) is 4. The number of nitrogen functional groups attached to an aromatic ring is 1. The van der Waals surface area contributed by atoms with E-state index in [1.54, 1.807) is 25.1 Å². The fourth-order valence-electron chi connectivity index (χ4n) is 2.93. The number of hydrogen-bond donors (Lipinski definition) is 1. The summed E-state index contributed by atoms with van der Waals surface area (Å²) in [7, 11) is 3.26. The van der Waals surface area contributed by atoms with Gasteiger partial charge in [-0.1, -0.05) is 0 Å². The van der Waals surface area contributed by atoms with Crippen LogP contribution in [-0.2, 0) is 18.9 Å². The lowest BCUT2D eigenvalue weighted by molar-refractivity contribution is -0.0664. The predicted molar refractivity (Wildman–Crippen MR) is 81.7 cm³/mol. The maximum absolute atomic E-state index is 6.11. The van der Waals surface area contributed by atoms with E-state index < -0.39 is 6.23 Å². The minimum Gasteiger partial charge on any atom is -0.382 e. The number of fused-ring (bicyclic) bond motifs is 1. The Labute approximate surface area is 133 Å².